The van der Waals surface area contributed by atoms with Gasteiger partial charge in [-0.05, 0) is 37.0 Å². The normalized spacial score (nSPS) is 14.5. The molecular formula is C10H14N2O2S. The molecule has 1 aromatic rings. The standard InChI is InChI=1S/C10H14N2O2S/c1-12-3-2-9(13)10(14)7-4-8(5-11)15-6-7/h4,6,9-10,12-14H,2-3H2,1H3. The van der Waals surface area contributed by atoms with E-state index in [1.165, 1.54) is 11.3 Å². The van der Waals surface area contributed by atoms with E-state index in [1.54, 1.807) is 18.5 Å². The molecule has 0 spiro atoms. The second-order valence-electron chi connectivity index (χ2n) is 3.26. The number of thiophene rings is 1. The zero-order valence-electron chi connectivity index (χ0n) is 8.47. The van der Waals surface area contributed by atoms with Gasteiger partial charge in [0.1, 0.15) is 17.1 Å². The summed E-state index contributed by atoms with van der Waals surface area (Å²) >= 11 is 1.27. The lowest BCUT2D eigenvalue weighted by Crippen LogP contribution is -2.22. The van der Waals surface area contributed by atoms with Crippen molar-refractivity contribution in [1.82, 2.24) is 5.32 Å². The van der Waals surface area contributed by atoms with Crippen molar-refractivity contribution in [3.05, 3.63) is 21.9 Å². The Balaban J connectivity index is 2.59. The summed E-state index contributed by atoms with van der Waals surface area (Å²) in [5.41, 5.74) is 0.611. The molecule has 0 saturated carbocycles. The number of rotatable bonds is 5. The quantitative estimate of drug-likeness (QED) is 0.688. The summed E-state index contributed by atoms with van der Waals surface area (Å²) in [4.78, 5) is 0.546. The van der Waals surface area contributed by atoms with E-state index in [0.717, 1.165) is 0 Å². The number of aliphatic hydroxyl groups excluding tert-OH is 2. The Morgan fingerprint density at radius 2 is 2.33 bits per heavy atom. The van der Waals surface area contributed by atoms with Crippen LogP contribution in [0.4, 0.5) is 0 Å². The zero-order chi connectivity index (χ0) is 11.3. The second-order valence-corrected chi connectivity index (χ2v) is 4.17. The summed E-state index contributed by atoms with van der Waals surface area (Å²) in [6, 6.07) is 3.61. The molecule has 4 nitrogen and oxygen atoms in total. The minimum Gasteiger partial charge on any atom is -0.390 e. The largest absolute Gasteiger partial charge is 0.390 e. The van der Waals surface area contributed by atoms with Crippen molar-refractivity contribution in [2.45, 2.75) is 18.6 Å². The number of hydrogen-bond acceptors (Lipinski definition) is 5. The monoisotopic (exact) mass is 226 g/mol. The Labute approximate surface area is 92.8 Å². The maximum absolute atomic E-state index is 9.74. The number of hydrogen-bond donors (Lipinski definition) is 3. The van der Waals surface area contributed by atoms with Crippen molar-refractivity contribution in [1.29, 1.82) is 5.26 Å². The molecule has 0 amide bonds. The van der Waals surface area contributed by atoms with Gasteiger partial charge in [0.15, 0.2) is 0 Å². The van der Waals surface area contributed by atoms with E-state index in [9.17, 15) is 10.2 Å². The summed E-state index contributed by atoms with van der Waals surface area (Å²) in [6.45, 7) is 0.646. The Hall–Kier alpha value is -0.930. The van der Waals surface area contributed by atoms with Crippen LogP contribution in [0, 0.1) is 11.3 Å². The van der Waals surface area contributed by atoms with Crippen molar-refractivity contribution in [2.24, 2.45) is 0 Å². The minimum atomic E-state index is -0.906. The van der Waals surface area contributed by atoms with Gasteiger partial charge in [-0.3, -0.25) is 0 Å². The lowest BCUT2D eigenvalue weighted by Gasteiger charge is -2.16. The molecule has 0 aromatic carbocycles. The fourth-order valence-electron chi connectivity index (χ4n) is 1.24. The fourth-order valence-corrected chi connectivity index (χ4v) is 1.96. The van der Waals surface area contributed by atoms with Crippen LogP contribution in [0.5, 0.6) is 0 Å². The van der Waals surface area contributed by atoms with E-state index in [0.29, 0.717) is 23.4 Å². The molecule has 15 heavy (non-hydrogen) atoms. The van der Waals surface area contributed by atoms with Crippen LogP contribution < -0.4 is 5.32 Å². The van der Waals surface area contributed by atoms with Crippen molar-refractivity contribution in [3.63, 3.8) is 0 Å². The molecule has 1 aromatic heterocycles. The van der Waals surface area contributed by atoms with Gasteiger partial charge in [0.2, 0.25) is 0 Å². The highest BCUT2D eigenvalue weighted by Gasteiger charge is 2.18. The predicted octanol–water partition coefficient (Wildman–Crippen LogP) is 0.624. The number of nitriles is 1. The second kappa shape index (κ2) is 5.83. The molecule has 2 unspecified atom stereocenters. The van der Waals surface area contributed by atoms with Gasteiger partial charge in [0.05, 0.1) is 6.10 Å². The Morgan fingerprint density at radius 3 is 2.87 bits per heavy atom. The highest BCUT2D eigenvalue weighted by molar-refractivity contribution is 7.10. The van der Waals surface area contributed by atoms with Crippen LogP contribution in [-0.4, -0.2) is 29.9 Å². The van der Waals surface area contributed by atoms with Crippen molar-refractivity contribution in [2.75, 3.05) is 13.6 Å². The van der Waals surface area contributed by atoms with Crippen LogP contribution in [0.2, 0.25) is 0 Å². The molecule has 0 radical (unpaired) electrons. The summed E-state index contributed by atoms with van der Waals surface area (Å²) in [7, 11) is 1.79. The molecule has 0 aliphatic carbocycles. The van der Waals surface area contributed by atoms with Crippen LogP contribution in [0.25, 0.3) is 0 Å². The molecule has 0 aliphatic rings. The minimum absolute atomic E-state index is 0.482. The number of nitrogens with one attached hydrogen (secondary N) is 1. The van der Waals surface area contributed by atoms with E-state index in [4.69, 9.17) is 5.26 Å². The summed E-state index contributed by atoms with van der Waals surface area (Å²) < 4.78 is 0. The molecule has 2 atom stereocenters. The van der Waals surface area contributed by atoms with Gasteiger partial charge in [-0.25, -0.2) is 0 Å². The van der Waals surface area contributed by atoms with Crippen molar-refractivity contribution in [3.8, 4) is 6.07 Å². The molecule has 5 heteroatoms. The summed E-state index contributed by atoms with van der Waals surface area (Å²) in [5.74, 6) is 0. The van der Waals surface area contributed by atoms with Crippen LogP contribution in [0.3, 0.4) is 0 Å². The number of aliphatic hydroxyl groups is 2. The highest BCUT2D eigenvalue weighted by Crippen LogP contribution is 2.23. The highest BCUT2D eigenvalue weighted by atomic mass is 32.1. The summed E-state index contributed by atoms with van der Waals surface area (Å²) in [6.07, 6.45) is -1.22. The van der Waals surface area contributed by atoms with Crippen LogP contribution in [0.15, 0.2) is 11.4 Å². The average molecular weight is 226 g/mol. The van der Waals surface area contributed by atoms with Gasteiger partial charge in [-0.2, -0.15) is 5.26 Å². The van der Waals surface area contributed by atoms with E-state index in [-0.39, 0.29) is 0 Å². The maximum atomic E-state index is 9.74. The Kier molecular flexibility index (Phi) is 4.72. The molecule has 1 heterocycles. The lowest BCUT2D eigenvalue weighted by molar-refractivity contribution is 0.0143. The molecule has 82 valence electrons. The third kappa shape index (κ3) is 3.29. The van der Waals surface area contributed by atoms with Crippen LogP contribution in [0.1, 0.15) is 23.0 Å². The third-order valence-electron chi connectivity index (χ3n) is 2.13. The lowest BCUT2D eigenvalue weighted by atomic mass is 10.1. The van der Waals surface area contributed by atoms with Crippen molar-refractivity contribution >= 4 is 11.3 Å². The molecular weight excluding hydrogens is 212 g/mol. The third-order valence-corrected chi connectivity index (χ3v) is 2.98. The van der Waals surface area contributed by atoms with Crippen LogP contribution >= 0.6 is 11.3 Å². The smallest absolute Gasteiger partial charge is 0.110 e. The Bertz CT molecular complexity index is 345. The van der Waals surface area contributed by atoms with Gasteiger partial charge in [-0.1, -0.05) is 0 Å². The zero-order valence-corrected chi connectivity index (χ0v) is 9.29. The van der Waals surface area contributed by atoms with Gasteiger partial charge < -0.3 is 15.5 Å². The van der Waals surface area contributed by atoms with Gasteiger partial charge in [-0.15, -0.1) is 11.3 Å². The van der Waals surface area contributed by atoms with E-state index >= 15 is 0 Å². The van der Waals surface area contributed by atoms with E-state index < -0.39 is 12.2 Å². The topological polar surface area (TPSA) is 76.3 Å². The van der Waals surface area contributed by atoms with E-state index in [1.807, 2.05) is 6.07 Å². The first-order valence-electron chi connectivity index (χ1n) is 4.68. The fraction of sp³-hybridized carbons (Fsp3) is 0.500. The number of nitrogens with zero attached hydrogens (tertiary/aromatic N) is 1. The average Bonchev–Trinajstić information content (AvgIpc) is 2.73. The van der Waals surface area contributed by atoms with E-state index in [2.05, 4.69) is 5.32 Å². The Morgan fingerprint density at radius 1 is 1.60 bits per heavy atom. The SMILES string of the molecule is CNCCC(O)C(O)c1csc(C#N)c1. The van der Waals surface area contributed by atoms with Gasteiger partial charge in [0.25, 0.3) is 0 Å². The predicted molar refractivity (Wildman–Crippen MR) is 58.5 cm³/mol. The van der Waals surface area contributed by atoms with Crippen LogP contribution in [-0.2, 0) is 0 Å². The first kappa shape index (κ1) is 12.1. The molecule has 0 bridgehead atoms. The maximum Gasteiger partial charge on any atom is 0.110 e. The first-order valence-corrected chi connectivity index (χ1v) is 5.56. The molecule has 3 N–H and O–H groups in total. The van der Waals surface area contributed by atoms with Gasteiger partial charge in [0, 0.05) is 0 Å². The first-order chi connectivity index (χ1) is 7.19. The molecule has 1 rings (SSSR count). The molecule has 0 fully saturated rings. The van der Waals surface area contributed by atoms with Gasteiger partial charge >= 0.3 is 0 Å². The molecule has 0 saturated heterocycles. The van der Waals surface area contributed by atoms with Crippen molar-refractivity contribution < 1.29 is 10.2 Å². The summed E-state index contributed by atoms with van der Waals surface area (Å²) in [5, 5.41) is 32.6. The molecule has 0 aliphatic heterocycles.